The van der Waals surface area contributed by atoms with Crippen LogP contribution >= 0.6 is 0 Å². The number of nitrogens with two attached hydrogens (primary N) is 1. The first-order valence-electron chi connectivity index (χ1n) is 6.88. The van der Waals surface area contributed by atoms with Crippen LogP contribution in [0, 0.1) is 0 Å². The molecule has 1 fully saturated rings. The van der Waals surface area contributed by atoms with Crippen LogP contribution in [-0.4, -0.2) is 46.2 Å². The number of primary amides is 1. The van der Waals surface area contributed by atoms with Crippen molar-refractivity contribution in [2.45, 2.75) is 38.6 Å². The largest absolute Gasteiger partial charge is 0.364 e. The zero-order valence-corrected chi connectivity index (χ0v) is 11.8. The molecule has 1 aliphatic heterocycles. The molecule has 0 bridgehead atoms. The third-order valence-corrected chi connectivity index (χ3v) is 3.41. The fraction of sp³-hybridized carbons (Fsp3) is 0.615. The Morgan fingerprint density at radius 1 is 1.55 bits per heavy atom. The highest BCUT2D eigenvalue weighted by molar-refractivity contribution is 5.90. The molecule has 2 heterocycles. The van der Waals surface area contributed by atoms with Gasteiger partial charge in [0, 0.05) is 30.7 Å². The molecule has 1 aromatic rings. The minimum atomic E-state index is -0.544. The van der Waals surface area contributed by atoms with Crippen LogP contribution in [0.3, 0.4) is 0 Å². The highest BCUT2D eigenvalue weighted by Gasteiger charge is 2.26. The van der Waals surface area contributed by atoms with Gasteiger partial charge >= 0.3 is 6.03 Å². The molecule has 7 nitrogen and oxygen atoms in total. The van der Waals surface area contributed by atoms with Gasteiger partial charge in [-0.3, -0.25) is 9.89 Å². The molecule has 7 heteroatoms. The lowest BCUT2D eigenvalue weighted by Crippen LogP contribution is -2.47. The molecule has 1 saturated heterocycles. The number of rotatable bonds is 3. The van der Waals surface area contributed by atoms with Crippen LogP contribution in [0.15, 0.2) is 6.07 Å². The maximum atomic E-state index is 12.0. The van der Waals surface area contributed by atoms with Crippen molar-refractivity contribution in [1.29, 1.82) is 0 Å². The second-order valence-corrected chi connectivity index (χ2v) is 5.46. The van der Waals surface area contributed by atoms with Gasteiger partial charge in [0.15, 0.2) is 0 Å². The van der Waals surface area contributed by atoms with Gasteiger partial charge in [-0.15, -0.1) is 0 Å². The van der Waals surface area contributed by atoms with Crippen LogP contribution in [0.2, 0.25) is 0 Å². The van der Waals surface area contributed by atoms with E-state index in [9.17, 15) is 9.59 Å². The quantitative estimate of drug-likeness (QED) is 0.762. The minimum Gasteiger partial charge on any atom is -0.364 e. The van der Waals surface area contributed by atoms with Gasteiger partial charge < -0.3 is 16.0 Å². The Morgan fingerprint density at radius 3 is 2.90 bits per heavy atom. The van der Waals surface area contributed by atoms with Crippen LogP contribution in [0.4, 0.5) is 4.79 Å². The summed E-state index contributed by atoms with van der Waals surface area (Å²) in [6.45, 7) is 5.26. The zero-order chi connectivity index (χ0) is 14.7. The van der Waals surface area contributed by atoms with E-state index in [1.165, 1.54) is 0 Å². The molecule has 2 rings (SSSR count). The SMILES string of the molecule is CC(C)NC(=O)N1CCC[C@H](c2cc(C(N)=O)n[nH]2)C1. The molecule has 0 unspecified atom stereocenters. The fourth-order valence-electron chi connectivity index (χ4n) is 2.43. The average molecular weight is 279 g/mol. The van der Waals surface area contributed by atoms with E-state index in [4.69, 9.17) is 5.73 Å². The Balaban J connectivity index is 2.02. The van der Waals surface area contributed by atoms with E-state index in [0.29, 0.717) is 6.54 Å². The van der Waals surface area contributed by atoms with Gasteiger partial charge in [0.25, 0.3) is 5.91 Å². The molecule has 1 aromatic heterocycles. The summed E-state index contributed by atoms with van der Waals surface area (Å²) in [6.07, 6.45) is 1.90. The van der Waals surface area contributed by atoms with E-state index in [-0.39, 0.29) is 23.7 Å². The van der Waals surface area contributed by atoms with Crippen LogP contribution in [-0.2, 0) is 0 Å². The van der Waals surface area contributed by atoms with Gasteiger partial charge in [0.2, 0.25) is 0 Å². The number of hydrogen-bond donors (Lipinski definition) is 3. The maximum absolute atomic E-state index is 12.0. The lowest BCUT2D eigenvalue weighted by atomic mass is 9.95. The smallest absolute Gasteiger partial charge is 0.317 e. The number of likely N-dealkylation sites (tertiary alicyclic amines) is 1. The first kappa shape index (κ1) is 14.4. The molecule has 1 atom stereocenters. The summed E-state index contributed by atoms with van der Waals surface area (Å²) in [6, 6.07) is 1.76. The van der Waals surface area contributed by atoms with E-state index in [0.717, 1.165) is 25.1 Å². The maximum Gasteiger partial charge on any atom is 0.317 e. The number of nitrogens with one attached hydrogen (secondary N) is 2. The van der Waals surface area contributed by atoms with Crippen molar-refractivity contribution in [2.75, 3.05) is 13.1 Å². The number of carbonyl (C=O) groups is 2. The zero-order valence-electron chi connectivity index (χ0n) is 11.8. The van der Waals surface area contributed by atoms with E-state index in [1.807, 2.05) is 13.8 Å². The van der Waals surface area contributed by atoms with E-state index >= 15 is 0 Å². The first-order chi connectivity index (χ1) is 9.47. The van der Waals surface area contributed by atoms with Crippen molar-refractivity contribution in [3.8, 4) is 0 Å². The molecule has 0 spiro atoms. The van der Waals surface area contributed by atoms with Crippen LogP contribution in [0.25, 0.3) is 0 Å². The second-order valence-electron chi connectivity index (χ2n) is 5.46. The summed E-state index contributed by atoms with van der Waals surface area (Å²) in [5.74, 6) is -0.375. The Bertz CT molecular complexity index is 497. The predicted octanol–water partition coefficient (Wildman–Crippen LogP) is 0.806. The summed E-state index contributed by atoms with van der Waals surface area (Å²) < 4.78 is 0. The molecular weight excluding hydrogens is 258 g/mol. The number of aromatic amines is 1. The second kappa shape index (κ2) is 5.94. The molecule has 4 N–H and O–H groups in total. The Morgan fingerprint density at radius 2 is 2.30 bits per heavy atom. The number of urea groups is 1. The van der Waals surface area contributed by atoms with Gasteiger partial charge in [-0.05, 0) is 32.8 Å². The highest BCUT2D eigenvalue weighted by atomic mass is 16.2. The Hall–Kier alpha value is -2.05. The van der Waals surface area contributed by atoms with Crippen molar-refractivity contribution in [2.24, 2.45) is 5.73 Å². The summed E-state index contributed by atoms with van der Waals surface area (Å²) in [4.78, 5) is 24.9. The molecule has 20 heavy (non-hydrogen) atoms. The van der Waals surface area contributed by atoms with Crippen molar-refractivity contribution >= 4 is 11.9 Å². The lowest BCUT2D eigenvalue weighted by Gasteiger charge is -2.32. The van der Waals surface area contributed by atoms with Crippen LogP contribution < -0.4 is 11.1 Å². The van der Waals surface area contributed by atoms with Gasteiger partial charge in [-0.2, -0.15) is 5.10 Å². The number of H-pyrrole nitrogens is 1. The number of amides is 3. The van der Waals surface area contributed by atoms with E-state index in [2.05, 4.69) is 15.5 Å². The molecule has 1 aliphatic rings. The van der Waals surface area contributed by atoms with Crippen LogP contribution in [0.1, 0.15) is 48.8 Å². The summed E-state index contributed by atoms with van der Waals surface area (Å²) >= 11 is 0. The summed E-state index contributed by atoms with van der Waals surface area (Å²) in [5.41, 5.74) is 6.29. The average Bonchev–Trinajstić information content (AvgIpc) is 2.88. The standard InChI is InChI=1S/C13H21N5O2/c1-8(2)15-13(20)18-5-3-4-9(7-18)10-6-11(12(14)19)17-16-10/h6,8-9H,3-5,7H2,1-2H3,(H2,14,19)(H,15,20)(H,16,17)/t9-/m0/s1. The first-order valence-corrected chi connectivity index (χ1v) is 6.88. The Labute approximate surface area is 117 Å². The molecular formula is C13H21N5O2. The normalized spacial score (nSPS) is 19.1. The molecule has 3 amide bonds. The molecule has 0 radical (unpaired) electrons. The summed E-state index contributed by atoms with van der Waals surface area (Å²) in [5, 5.41) is 9.63. The number of hydrogen-bond acceptors (Lipinski definition) is 3. The van der Waals surface area contributed by atoms with Gasteiger partial charge in [0.05, 0.1) is 0 Å². The predicted molar refractivity (Wildman–Crippen MR) is 74.3 cm³/mol. The number of piperidine rings is 1. The summed E-state index contributed by atoms with van der Waals surface area (Å²) in [7, 11) is 0. The van der Waals surface area contributed by atoms with Crippen molar-refractivity contribution in [1.82, 2.24) is 20.4 Å². The molecule has 110 valence electrons. The molecule has 0 saturated carbocycles. The van der Waals surface area contributed by atoms with Gasteiger partial charge in [-0.25, -0.2) is 4.79 Å². The number of carbonyl (C=O) groups excluding carboxylic acids is 2. The van der Waals surface area contributed by atoms with Crippen molar-refractivity contribution in [3.63, 3.8) is 0 Å². The third kappa shape index (κ3) is 3.28. The fourth-order valence-corrected chi connectivity index (χ4v) is 2.43. The lowest BCUT2D eigenvalue weighted by molar-refractivity contribution is 0.0995. The van der Waals surface area contributed by atoms with E-state index in [1.54, 1.807) is 11.0 Å². The number of aromatic nitrogens is 2. The molecule has 0 aliphatic carbocycles. The van der Waals surface area contributed by atoms with Gasteiger partial charge in [0.1, 0.15) is 5.69 Å². The topological polar surface area (TPSA) is 104 Å². The number of nitrogens with zero attached hydrogens (tertiary/aromatic N) is 2. The van der Waals surface area contributed by atoms with Crippen molar-refractivity contribution in [3.05, 3.63) is 17.5 Å². The molecule has 0 aromatic carbocycles. The van der Waals surface area contributed by atoms with Crippen LogP contribution in [0.5, 0.6) is 0 Å². The van der Waals surface area contributed by atoms with E-state index < -0.39 is 5.91 Å². The monoisotopic (exact) mass is 279 g/mol. The highest BCUT2D eigenvalue weighted by Crippen LogP contribution is 2.25. The van der Waals surface area contributed by atoms with Gasteiger partial charge in [-0.1, -0.05) is 0 Å². The third-order valence-electron chi connectivity index (χ3n) is 3.41. The minimum absolute atomic E-state index is 0.0423. The Kier molecular flexibility index (Phi) is 4.26. The van der Waals surface area contributed by atoms with Crippen molar-refractivity contribution < 1.29 is 9.59 Å².